The van der Waals surface area contributed by atoms with Crippen LogP contribution in [0, 0.1) is 0 Å². The minimum absolute atomic E-state index is 0.151. The van der Waals surface area contributed by atoms with Gasteiger partial charge in [-0.2, -0.15) is 0 Å². The van der Waals surface area contributed by atoms with E-state index in [-0.39, 0.29) is 17.2 Å². The fourth-order valence-corrected chi connectivity index (χ4v) is 4.63. The molecule has 0 radical (unpaired) electrons. The second kappa shape index (κ2) is 7.67. The standard InChI is InChI=1S/C21H39NO3Si/c1-20(2,3)25-19(23)22-17-11-12-18(22)15-16(14-17)10-9-13-24-26(7,8)21(4,5)6/h14,17-18H,9-13,15H2,1-8H3. The second-order valence-electron chi connectivity index (χ2n) is 10.4. The summed E-state index contributed by atoms with van der Waals surface area (Å²) in [5, 5.41) is 0.268. The molecule has 1 amide bonds. The van der Waals surface area contributed by atoms with Gasteiger partial charge in [0, 0.05) is 12.6 Å². The quantitative estimate of drug-likeness (QED) is 0.339. The average molecular weight is 382 g/mol. The summed E-state index contributed by atoms with van der Waals surface area (Å²) in [6.07, 6.45) is 7.48. The molecule has 2 atom stereocenters. The molecule has 2 unspecified atom stereocenters. The summed E-state index contributed by atoms with van der Waals surface area (Å²) in [5.41, 5.74) is 1.07. The van der Waals surface area contributed by atoms with Gasteiger partial charge in [0.15, 0.2) is 8.32 Å². The summed E-state index contributed by atoms with van der Waals surface area (Å²) in [6, 6.07) is 0.538. The van der Waals surface area contributed by atoms with E-state index < -0.39 is 13.9 Å². The Kier molecular flexibility index (Phi) is 6.33. The molecule has 2 aliphatic heterocycles. The number of ether oxygens (including phenoxy) is 1. The summed E-state index contributed by atoms with van der Waals surface area (Å²) >= 11 is 0. The summed E-state index contributed by atoms with van der Waals surface area (Å²) in [5.74, 6) is 0. The molecule has 2 rings (SSSR count). The van der Waals surface area contributed by atoms with Gasteiger partial charge in [0.05, 0.1) is 6.04 Å². The maximum Gasteiger partial charge on any atom is 0.411 e. The lowest BCUT2D eigenvalue weighted by Crippen LogP contribution is -2.45. The van der Waals surface area contributed by atoms with Crippen LogP contribution < -0.4 is 0 Å². The van der Waals surface area contributed by atoms with Crippen molar-refractivity contribution in [2.45, 2.75) is 109 Å². The van der Waals surface area contributed by atoms with Gasteiger partial charge in [0.25, 0.3) is 0 Å². The van der Waals surface area contributed by atoms with Crippen molar-refractivity contribution in [3.8, 4) is 0 Å². The molecule has 0 aromatic heterocycles. The molecule has 2 heterocycles. The first kappa shape index (κ1) is 21.5. The predicted molar refractivity (Wildman–Crippen MR) is 110 cm³/mol. The van der Waals surface area contributed by atoms with Crippen LogP contribution in [0.1, 0.15) is 73.6 Å². The minimum atomic E-state index is -1.64. The van der Waals surface area contributed by atoms with Crippen molar-refractivity contribution in [1.29, 1.82) is 0 Å². The van der Waals surface area contributed by atoms with E-state index in [1.807, 2.05) is 25.7 Å². The zero-order valence-corrected chi connectivity index (χ0v) is 19.1. The predicted octanol–water partition coefficient (Wildman–Crippen LogP) is 5.89. The summed E-state index contributed by atoms with van der Waals surface area (Å²) < 4.78 is 11.9. The molecule has 0 saturated carbocycles. The smallest absolute Gasteiger partial charge is 0.411 e. The number of rotatable bonds is 5. The van der Waals surface area contributed by atoms with E-state index in [2.05, 4.69) is 39.9 Å². The molecule has 1 saturated heterocycles. The molecule has 0 aromatic rings. The lowest BCUT2D eigenvalue weighted by molar-refractivity contribution is 0.0166. The molecular weight excluding hydrogens is 342 g/mol. The first-order valence-corrected chi connectivity index (χ1v) is 13.1. The minimum Gasteiger partial charge on any atom is -0.444 e. The molecule has 0 N–H and O–H groups in total. The number of nitrogens with zero attached hydrogens (tertiary/aromatic N) is 1. The third-order valence-electron chi connectivity index (χ3n) is 5.99. The van der Waals surface area contributed by atoms with E-state index in [0.29, 0.717) is 6.04 Å². The van der Waals surface area contributed by atoms with Gasteiger partial charge in [-0.05, 0) is 71.0 Å². The number of carbonyl (C=O) groups is 1. The van der Waals surface area contributed by atoms with Crippen LogP contribution in [-0.4, -0.2) is 43.6 Å². The first-order chi connectivity index (χ1) is 11.8. The molecule has 2 aliphatic rings. The highest BCUT2D eigenvalue weighted by Gasteiger charge is 2.41. The second-order valence-corrected chi connectivity index (χ2v) is 15.2. The summed E-state index contributed by atoms with van der Waals surface area (Å²) in [4.78, 5) is 14.5. The Morgan fingerprint density at radius 3 is 2.38 bits per heavy atom. The van der Waals surface area contributed by atoms with Crippen LogP contribution in [0.5, 0.6) is 0 Å². The first-order valence-electron chi connectivity index (χ1n) is 10.1. The molecule has 0 aliphatic carbocycles. The zero-order chi connectivity index (χ0) is 19.8. The van der Waals surface area contributed by atoms with E-state index in [9.17, 15) is 4.79 Å². The highest BCUT2D eigenvalue weighted by atomic mass is 28.4. The van der Waals surface area contributed by atoms with Gasteiger partial charge in [0.2, 0.25) is 0 Å². The van der Waals surface area contributed by atoms with Crippen LogP contribution >= 0.6 is 0 Å². The lowest BCUT2D eigenvalue weighted by atomic mass is 9.98. The molecule has 0 aromatic carbocycles. The Labute approximate surface area is 161 Å². The number of amides is 1. The molecule has 26 heavy (non-hydrogen) atoms. The van der Waals surface area contributed by atoms with Crippen molar-refractivity contribution in [1.82, 2.24) is 4.90 Å². The molecule has 0 spiro atoms. The van der Waals surface area contributed by atoms with Crippen LogP contribution in [-0.2, 0) is 9.16 Å². The highest BCUT2D eigenvalue weighted by Crippen LogP contribution is 2.38. The fourth-order valence-electron chi connectivity index (χ4n) is 3.55. The Morgan fingerprint density at radius 2 is 1.85 bits per heavy atom. The molecular formula is C21H39NO3Si. The van der Waals surface area contributed by atoms with Gasteiger partial charge in [-0.25, -0.2) is 4.79 Å². The Morgan fingerprint density at radius 1 is 1.19 bits per heavy atom. The largest absolute Gasteiger partial charge is 0.444 e. The number of hydrogen-bond acceptors (Lipinski definition) is 3. The SMILES string of the molecule is CC(C)(C)OC(=O)N1C2C=C(CCCO[Si](C)(C)C(C)(C)C)CC1CC2. The van der Waals surface area contributed by atoms with Crippen molar-refractivity contribution in [2.75, 3.05) is 6.61 Å². The summed E-state index contributed by atoms with van der Waals surface area (Å²) in [6.45, 7) is 18.1. The normalized spacial score (nSPS) is 23.8. The third-order valence-corrected chi connectivity index (χ3v) is 10.5. The van der Waals surface area contributed by atoms with Gasteiger partial charge < -0.3 is 9.16 Å². The van der Waals surface area contributed by atoms with E-state index >= 15 is 0 Å². The van der Waals surface area contributed by atoms with Crippen molar-refractivity contribution >= 4 is 14.4 Å². The van der Waals surface area contributed by atoms with Crippen molar-refractivity contribution in [3.05, 3.63) is 11.6 Å². The Hall–Kier alpha value is -0.813. The summed E-state index contributed by atoms with van der Waals surface area (Å²) in [7, 11) is -1.64. The molecule has 1 fully saturated rings. The topological polar surface area (TPSA) is 38.8 Å². The van der Waals surface area contributed by atoms with E-state index in [1.165, 1.54) is 5.57 Å². The van der Waals surface area contributed by atoms with E-state index in [4.69, 9.17) is 9.16 Å². The molecule has 150 valence electrons. The van der Waals surface area contributed by atoms with Crippen molar-refractivity contribution in [3.63, 3.8) is 0 Å². The van der Waals surface area contributed by atoms with E-state index in [1.54, 1.807) is 0 Å². The van der Waals surface area contributed by atoms with Crippen LogP contribution in [0.4, 0.5) is 4.79 Å². The average Bonchev–Trinajstić information content (AvgIpc) is 2.72. The Bertz CT molecular complexity index is 542. The van der Waals surface area contributed by atoms with Crippen LogP contribution in [0.25, 0.3) is 0 Å². The van der Waals surface area contributed by atoms with Crippen LogP contribution in [0.15, 0.2) is 11.6 Å². The van der Waals surface area contributed by atoms with Gasteiger partial charge in [0.1, 0.15) is 5.60 Å². The van der Waals surface area contributed by atoms with Crippen LogP contribution in [0.3, 0.4) is 0 Å². The monoisotopic (exact) mass is 381 g/mol. The molecule has 5 heteroatoms. The number of fused-ring (bicyclic) bond motifs is 2. The van der Waals surface area contributed by atoms with Gasteiger partial charge >= 0.3 is 6.09 Å². The van der Waals surface area contributed by atoms with E-state index in [0.717, 1.165) is 38.7 Å². The van der Waals surface area contributed by atoms with Crippen molar-refractivity contribution in [2.24, 2.45) is 0 Å². The Balaban J connectivity index is 1.85. The highest BCUT2D eigenvalue weighted by molar-refractivity contribution is 6.74. The van der Waals surface area contributed by atoms with Gasteiger partial charge in [-0.1, -0.05) is 32.4 Å². The van der Waals surface area contributed by atoms with Crippen LogP contribution in [0.2, 0.25) is 18.1 Å². The maximum absolute atomic E-state index is 12.5. The number of hydrogen-bond donors (Lipinski definition) is 0. The van der Waals surface area contributed by atoms with Gasteiger partial charge in [-0.3, -0.25) is 4.90 Å². The molecule has 4 nitrogen and oxygen atoms in total. The zero-order valence-electron chi connectivity index (χ0n) is 18.1. The van der Waals surface area contributed by atoms with Gasteiger partial charge in [-0.15, -0.1) is 0 Å². The maximum atomic E-state index is 12.5. The fraction of sp³-hybridized carbons (Fsp3) is 0.857. The number of carbonyl (C=O) groups excluding carboxylic acids is 1. The third kappa shape index (κ3) is 5.35. The molecule has 2 bridgehead atoms. The van der Waals surface area contributed by atoms with Crippen molar-refractivity contribution < 1.29 is 14.0 Å². The lowest BCUT2D eigenvalue weighted by Gasteiger charge is -2.36.